The Labute approximate surface area is 218 Å². The first-order valence-corrected chi connectivity index (χ1v) is 12.5. The molecule has 8 nitrogen and oxygen atoms in total. The summed E-state index contributed by atoms with van der Waals surface area (Å²) < 4.78 is 44.7. The molecule has 11 heteroatoms. The first-order valence-electron chi connectivity index (χ1n) is 12.5. The van der Waals surface area contributed by atoms with Crippen LogP contribution in [0.1, 0.15) is 50.9 Å². The van der Waals surface area contributed by atoms with Crippen molar-refractivity contribution in [3.05, 3.63) is 59.5 Å². The van der Waals surface area contributed by atoms with E-state index in [2.05, 4.69) is 30.9 Å². The highest BCUT2D eigenvalue weighted by Gasteiger charge is 2.35. The number of amides is 1. The van der Waals surface area contributed by atoms with Gasteiger partial charge in [-0.25, -0.2) is 9.67 Å². The van der Waals surface area contributed by atoms with Crippen molar-refractivity contribution in [2.24, 2.45) is 7.05 Å². The van der Waals surface area contributed by atoms with Crippen LogP contribution in [0.3, 0.4) is 0 Å². The quantitative estimate of drug-likeness (QED) is 0.349. The maximum absolute atomic E-state index is 13.2. The van der Waals surface area contributed by atoms with Crippen LogP contribution in [0, 0.1) is 0 Å². The predicted octanol–water partition coefficient (Wildman–Crippen LogP) is 5.42. The molecule has 0 unspecified atom stereocenters. The predicted molar refractivity (Wildman–Crippen MR) is 137 cm³/mol. The zero-order valence-electron chi connectivity index (χ0n) is 22.0. The number of halogens is 3. The van der Waals surface area contributed by atoms with E-state index in [4.69, 9.17) is 5.10 Å². The lowest BCUT2D eigenvalue weighted by Gasteiger charge is -2.27. The summed E-state index contributed by atoms with van der Waals surface area (Å²) in [6.07, 6.45) is -1.28. The molecule has 38 heavy (non-hydrogen) atoms. The van der Waals surface area contributed by atoms with Crippen molar-refractivity contribution < 1.29 is 18.0 Å². The number of hydrogen-bond acceptors (Lipinski definition) is 4. The van der Waals surface area contributed by atoms with Gasteiger partial charge in [0.05, 0.1) is 25.0 Å². The molecule has 0 fully saturated rings. The van der Waals surface area contributed by atoms with Gasteiger partial charge in [0.1, 0.15) is 17.3 Å². The largest absolute Gasteiger partial charge is 0.434 e. The van der Waals surface area contributed by atoms with E-state index in [-0.39, 0.29) is 17.1 Å². The molecule has 0 spiro atoms. The zero-order valence-corrected chi connectivity index (χ0v) is 22.0. The third-order valence-corrected chi connectivity index (χ3v) is 6.82. The summed E-state index contributed by atoms with van der Waals surface area (Å²) in [5.74, 6) is 0.956. The molecule has 0 saturated heterocycles. The summed E-state index contributed by atoms with van der Waals surface area (Å²) >= 11 is 0. The van der Waals surface area contributed by atoms with Crippen LogP contribution in [0.5, 0.6) is 0 Å². The number of anilines is 1. The van der Waals surface area contributed by atoms with Gasteiger partial charge in [-0.3, -0.25) is 14.4 Å². The van der Waals surface area contributed by atoms with Gasteiger partial charge in [-0.2, -0.15) is 23.4 Å². The Morgan fingerprint density at radius 3 is 2.42 bits per heavy atom. The number of nitrogens with zero attached hydrogens (tertiary/aromatic N) is 7. The van der Waals surface area contributed by atoms with Gasteiger partial charge >= 0.3 is 6.18 Å². The van der Waals surface area contributed by atoms with Gasteiger partial charge in [0, 0.05) is 43.4 Å². The molecule has 1 aliphatic heterocycles. The molecule has 0 atom stereocenters. The monoisotopic (exact) mass is 525 g/mol. The Bertz CT molecular complexity index is 1490. The van der Waals surface area contributed by atoms with Crippen LogP contribution in [-0.2, 0) is 43.1 Å². The molecule has 0 N–H and O–H groups in total. The van der Waals surface area contributed by atoms with Crippen LogP contribution in [0.2, 0.25) is 0 Å². The minimum Gasteiger partial charge on any atom is -0.331 e. The standard InChI is InChI=1S/C27H30F3N7O/c1-6-35-16-21(27(28,29)30)32-25(35)18-9-7-17(8-10-18)15-36-22-13-20(33-37(22)12-11-23(36)38)24-19(26(2,3)4)14-31-34(24)5/h7-10,13-14,16H,6,11-12,15H2,1-5H3. The van der Waals surface area contributed by atoms with E-state index in [1.165, 1.54) is 4.57 Å². The second kappa shape index (κ2) is 9.14. The van der Waals surface area contributed by atoms with E-state index in [1.54, 1.807) is 24.0 Å². The molecule has 0 bridgehead atoms. The summed E-state index contributed by atoms with van der Waals surface area (Å²) in [7, 11) is 1.88. The molecule has 1 aliphatic rings. The molecule has 5 rings (SSSR count). The number of rotatable bonds is 5. The number of benzene rings is 1. The summed E-state index contributed by atoms with van der Waals surface area (Å²) in [6, 6.07) is 9.05. The molecule has 4 aromatic rings. The van der Waals surface area contributed by atoms with Gasteiger partial charge in [0.2, 0.25) is 5.91 Å². The Morgan fingerprint density at radius 2 is 1.79 bits per heavy atom. The van der Waals surface area contributed by atoms with Gasteiger partial charge in [-0.1, -0.05) is 45.0 Å². The second-order valence-corrected chi connectivity index (χ2v) is 10.6. The van der Waals surface area contributed by atoms with E-state index < -0.39 is 11.9 Å². The summed E-state index contributed by atoms with van der Waals surface area (Å²) in [5.41, 5.74) is 3.13. The summed E-state index contributed by atoms with van der Waals surface area (Å²) in [5, 5.41) is 9.25. The number of aryl methyl sites for hydroxylation is 3. The second-order valence-electron chi connectivity index (χ2n) is 10.6. The van der Waals surface area contributed by atoms with Gasteiger partial charge in [0.15, 0.2) is 5.69 Å². The van der Waals surface area contributed by atoms with Crippen LogP contribution in [0.4, 0.5) is 19.0 Å². The zero-order chi connectivity index (χ0) is 27.4. The van der Waals surface area contributed by atoms with Crippen LogP contribution < -0.4 is 4.90 Å². The Kier molecular flexibility index (Phi) is 6.19. The number of carbonyl (C=O) groups excluding carboxylic acids is 1. The highest BCUT2D eigenvalue weighted by atomic mass is 19.4. The Balaban J connectivity index is 1.44. The normalized spacial score (nSPS) is 14.3. The Hall–Kier alpha value is -3.89. The molecular weight excluding hydrogens is 495 g/mol. The third-order valence-electron chi connectivity index (χ3n) is 6.82. The molecule has 1 amide bonds. The van der Waals surface area contributed by atoms with E-state index in [0.717, 1.165) is 28.7 Å². The van der Waals surface area contributed by atoms with Gasteiger partial charge in [0.25, 0.3) is 0 Å². The van der Waals surface area contributed by atoms with Crippen molar-refractivity contribution in [2.45, 2.75) is 65.3 Å². The number of carbonyl (C=O) groups is 1. The highest BCUT2D eigenvalue weighted by Crippen LogP contribution is 2.36. The smallest absolute Gasteiger partial charge is 0.331 e. The first kappa shape index (κ1) is 25.7. The lowest BCUT2D eigenvalue weighted by Crippen LogP contribution is -2.36. The summed E-state index contributed by atoms with van der Waals surface area (Å²) in [6.45, 7) is 9.32. The summed E-state index contributed by atoms with van der Waals surface area (Å²) in [4.78, 5) is 18.5. The number of alkyl halides is 3. The Morgan fingerprint density at radius 1 is 1.08 bits per heavy atom. The minimum atomic E-state index is -4.51. The maximum Gasteiger partial charge on any atom is 0.434 e. The SMILES string of the molecule is CCn1cc(C(F)(F)F)nc1-c1ccc(CN2C(=O)CCn3nc(-c4c(C(C)(C)C)cnn4C)cc32)cc1. The van der Waals surface area contributed by atoms with E-state index in [1.807, 2.05) is 40.8 Å². The molecule has 0 aliphatic carbocycles. The molecular formula is C27H30F3N7O. The first-order chi connectivity index (χ1) is 17.9. The topological polar surface area (TPSA) is 73.8 Å². The van der Waals surface area contributed by atoms with Crippen LogP contribution >= 0.6 is 0 Å². The molecule has 0 saturated carbocycles. The van der Waals surface area contributed by atoms with E-state index in [0.29, 0.717) is 37.4 Å². The van der Waals surface area contributed by atoms with Crippen molar-refractivity contribution in [3.63, 3.8) is 0 Å². The van der Waals surface area contributed by atoms with Gasteiger partial charge in [-0.15, -0.1) is 0 Å². The fourth-order valence-electron chi connectivity index (χ4n) is 4.79. The van der Waals surface area contributed by atoms with Crippen molar-refractivity contribution in [1.82, 2.24) is 29.1 Å². The lowest BCUT2D eigenvalue weighted by atomic mass is 9.86. The van der Waals surface area contributed by atoms with Crippen LogP contribution in [0.15, 0.2) is 42.7 Å². The molecule has 1 aromatic carbocycles. The fourth-order valence-corrected chi connectivity index (χ4v) is 4.79. The van der Waals surface area contributed by atoms with Crippen molar-refractivity contribution >= 4 is 11.7 Å². The van der Waals surface area contributed by atoms with E-state index >= 15 is 0 Å². The third kappa shape index (κ3) is 4.61. The van der Waals surface area contributed by atoms with Crippen LogP contribution in [0.25, 0.3) is 22.8 Å². The fraction of sp³-hybridized carbons (Fsp3) is 0.407. The number of fused-ring (bicyclic) bond motifs is 1. The molecule has 3 aromatic heterocycles. The molecule has 200 valence electrons. The van der Waals surface area contributed by atoms with Gasteiger partial charge < -0.3 is 4.57 Å². The maximum atomic E-state index is 13.2. The number of imidazole rings is 1. The van der Waals surface area contributed by atoms with Gasteiger partial charge in [-0.05, 0) is 17.9 Å². The lowest BCUT2D eigenvalue weighted by molar-refractivity contribution is -0.140. The van der Waals surface area contributed by atoms with Crippen molar-refractivity contribution in [3.8, 4) is 22.8 Å². The number of aromatic nitrogens is 6. The van der Waals surface area contributed by atoms with Crippen molar-refractivity contribution in [2.75, 3.05) is 4.90 Å². The average molecular weight is 526 g/mol. The average Bonchev–Trinajstić information content (AvgIpc) is 3.56. The van der Waals surface area contributed by atoms with Crippen molar-refractivity contribution in [1.29, 1.82) is 0 Å². The molecule has 0 radical (unpaired) electrons. The van der Waals surface area contributed by atoms with Crippen LogP contribution in [-0.4, -0.2) is 35.0 Å². The highest BCUT2D eigenvalue weighted by molar-refractivity contribution is 5.94. The molecule has 4 heterocycles. The number of hydrogen-bond donors (Lipinski definition) is 0. The van der Waals surface area contributed by atoms with E-state index in [9.17, 15) is 18.0 Å². The minimum absolute atomic E-state index is 0.00887.